The standard InChI is InChI=1S/C17H19NO4/c19-15(20)10-17(7-3-4-8-17)18-16(21)13-9-12-5-1-2-6-14(12)22-11-13/h1-2,5-6,9H,3-4,7-8,10-11H2,(H,18,21)(H,19,20). The van der Waals surface area contributed by atoms with Crippen LogP contribution in [0, 0.1) is 0 Å². The molecule has 1 aliphatic carbocycles. The minimum absolute atomic E-state index is 0.0243. The zero-order chi connectivity index (χ0) is 15.6. The zero-order valence-electron chi connectivity index (χ0n) is 12.3. The van der Waals surface area contributed by atoms with Gasteiger partial charge in [0.15, 0.2) is 0 Å². The summed E-state index contributed by atoms with van der Waals surface area (Å²) >= 11 is 0. The molecule has 0 spiro atoms. The number of carboxylic acids is 1. The predicted octanol–water partition coefficient (Wildman–Crippen LogP) is 2.37. The molecule has 1 fully saturated rings. The Balaban J connectivity index is 1.77. The first-order chi connectivity index (χ1) is 10.6. The van der Waals surface area contributed by atoms with Crippen LogP contribution in [0.5, 0.6) is 5.75 Å². The maximum atomic E-state index is 12.5. The van der Waals surface area contributed by atoms with Crippen molar-refractivity contribution in [2.45, 2.75) is 37.6 Å². The van der Waals surface area contributed by atoms with E-state index in [4.69, 9.17) is 9.84 Å². The van der Waals surface area contributed by atoms with Gasteiger partial charge < -0.3 is 15.2 Å². The third-order valence-corrected chi connectivity index (χ3v) is 4.35. The molecule has 0 radical (unpaired) electrons. The second-order valence-corrected chi connectivity index (χ2v) is 6.01. The summed E-state index contributed by atoms with van der Waals surface area (Å²) in [4.78, 5) is 23.6. The highest BCUT2D eigenvalue weighted by molar-refractivity contribution is 5.99. The van der Waals surface area contributed by atoms with Crippen molar-refractivity contribution in [1.29, 1.82) is 0 Å². The van der Waals surface area contributed by atoms with Gasteiger partial charge in [-0.25, -0.2) is 0 Å². The largest absolute Gasteiger partial charge is 0.488 e. The van der Waals surface area contributed by atoms with Gasteiger partial charge in [-0.1, -0.05) is 31.0 Å². The molecule has 1 aliphatic heterocycles. The van der Waals surface area contributed by atoms with Gasteiger partial charge >= 0.3 is 5.97 Å². The first-order valence-corrected chi connectivity index (χ1v) is 7.55. The SMILES string of the molecule is O=C(O)CC1(NC(=O)C2=Cc3ccccc3OC2)CCCC1. The van der Waals surface area contributed by atoms with E-state index in [0.717, 1.165) is 37.0 Å². The van der Waals surface area contributed by atoms with Crippen LogP contribution >= 0.6 is 0 Å². The van der Waals surface area contributed by atoms with Gasteiger partial charge in [-0.05, 0) is 25.0 Å². The lowest BCUT2D eigenvalue weighted by atomic mass is 9.92. The fourth-order valence-electron chi connectivity index (χ4n) is 3.26. The van der Waals surface area contributed by atoms with E-state index in [2.05, 4.69) is 5.32 Å². The summed E-state index contributed by atoms with van der Waals surface area (Å²) in [5, 5.41) is 12.1. The summed E-state index contributed by atoms with van der Waals surface area (Å²) in [6, 6.07) is 7.54. The Hall–Kier alpha value is -2.30. The third-order valence-electron chi connectivity index (χ3n) is 4.35. The lowest BCUT2D eigenvalue weighted by molar-refractivity contribution is -0.139. The zero-order valence-corrected chi connectivity index (χ0v) is 12.3. The Morgan fingerprint density at radius 1 is 1.23 bits per heavy atom. The van der Waals surface area contributed by atoms with Crippen LogP contribution in [0.15, 0.2) is 29.8 Å². The van der Waals surface area contributed by atoms with E-state index >= 15 is 0 Å². The number of rotatable bonds is 4. The summed E-state index contributed by atoms with van der Waals surface area (Å²) in [5.74, 6) is -0.334. The van der Waals surface area contributed by atoms with Gasteiger partial charge in [0, 0.05) is 5.56 Å². The Kier molecular flexibility index (Phi) is 3.88. The lowest BCUT2D eigenvalue weighted by Gasteiger charge is -2.29. The summed E-state index contributed by atoms with van der Waals surface area (Å²) in [6.07, 6.45) is 5.13. The monoisotopic (exact) mass is 301 g/mol. The Morgan fingerprint density at radius 2 is 1.95 bits per heavy atom. The number of fused-ring (bicyclic) bond motifs is 1. The summed E-state index contributed by atoms with van der Waals surface area (Å²) < 4.78 is 5.59. The van der Waals surface area contributed by atoms with Crippen LogP contribution in [-0.2, 0) is 9.59 Å². The van der Waals surface area contributed by atoms with Crippen LogP contribution in [0.2, 0.25) is 0 Å². The van der Waals surface area contributed by atoms with Gasteiger partial charge in [-0.15, -0.1) is 0 Å². The van der Waals surface area contributed by atoms with Gasteiger partial charge in [-0.2, -0.15) is 0 Å². The van der Waals surface area contributed by atoms with Crippen molar-refractivity contribution in [1.82, 2.24) is 5.32 Å². The van der Waals surface area contributed by atoms with Gasteiger partial charge in [0.1, 0.15) is 12.4 Å². The second kappa shape index (κ2) is 5.83. The number of hydrogen-bond donors (Lipinski definition) is 2. The van der Waals surface area contributed by atoms with Crippen LogP contribution in [0.4, 0.5) is 0 Å². The van der Waals surface area contributed by atoms with Crippen molar-refractivity contribution in [2.24, 2.45) is 0 Å². The number of amides is 1. The predicted molar refractivity (Wildman–Crippen MR) is 81.5 cm³/mol. The molecule has 1 amide bonds. The van der Waals surface area contributed by atoms with Crippen molar-refractivity contribution < 1.29 is 19.4 Å². The molecule has 0 saturated heterocycles. The van der Waals surface area contributed by atoms with Gasteiger partial charge in [0.05, 0.1) is 17.5 Å². The van der Waals surface area contributed by atoms with Crippen LogP contribution < -0.4 is 10.1 Å². The van der Waals surface area contributed by atoms with E-state index in [-0.39, 0.29) is 18.9 Å². The molecule has 1 saturated carbocycles. The number of hydrogen-bond acceptors (Lipinski definition) is 3. The maximum Gasteiger partial charge on any atom is 0.305 e. The molecule has 0 aromatic heterocycles. The summed E-state index contributed by atoms with van der Waals surface area (Å²) in [6.45, 7) is 0.214. The molecule has 5 nitrogen and oxygen atoms in total. The highest BCUT2D eigenvalue weighted by Crippen LogP contribution is 2.33. The first-order valence-electron chi connectivity index (χ1n) is 7.55. The number of ether oxygens (including phenoxy) is 1. The van der Waals surface area contributed by atoms with Crippen molar-refractivity contribution in [3.8, 4) is 5.75 Å². The van der Waals surface area contributed by atoms with Gasteiger partial charge in [-0.3, -0.25) is 9.59 Å². The van der Waals surface area contributed by atoms with Crippen LogP contribution in [-0.4, -0.2) is 29.1 Å². The second-order valence-electron chi connectivity index (χ2n) is 6.01. The Morgan fingerprint density at radius 3 is 2.68 bits per heavy atom. The molecule has 116 valence electrons. The smallest absolute Gasteiger partial charge is 0.305 e. The molecule has 0 atom stereocenters. The Bertz CT molecular complexity index is 629. The molecule has 1 aromatic rings. The Labute approximate surface area is 129 Å². The number of carboxylic acid groups (broad SMARTS) is 1. The number of benzene rings is 1. The van der Waals surface area contributed by atoms with Crippen molar-refractivity contribution >= 4 is 18.0 Å². The molecule has 2 N–H and O–H groups in total. The maximum absolute atomic E-state index is 12.5. The van der Waals surface area contributed by atoms with Crippen LogP contribution in [0.25, 0.3) is 6.08 Å². The third kappa shape index (κ3) is 2.98. The van der Waals surface area contributed by atoms with Crippen LogP contribution in [0.1, 0.15) is 37.7 Å². The molecule has 5 heteroatoms. The van der Waals surface area contributed by atoms with Gasteiger partial charge in [0.25, 0.3) is 5.91 Å². The fraction of sp³-hybridized carbons (Fsp3) is 0.412. The molecule has 3 rings (SSSR count). The molecule has 1 aromatic carbocycles. The van der Waals surface area contributed by atoms with E-state index in [9.17, 15) is 9.59 Å². The van der Waals surface area contributed by atoms with E-state index in [1.54, 1.807) is 0 Å². The molecular formula is C17H19NO4. The van der Waals surface area contributed by atoms with Gasteiger partial charge in [0.2, 0.25) is 0 Å². The van der Waals surface area contributed by atoms with E-state index in [0.29, 0.717) is 5.57 Å². The topological polar surface area (TPSA) is 75.6 Å². The summed E-state index contributed by atoms with van der Waals surface area (Å²) in [7, 11) is 0. The highest BCUT2D eigenvalue weighted by Gasteiger charge is 2.38. The van der Waals surface area contributed by atoms with E-state index in [1.807, 2.05) is 30.3 Å². The number of carbonyl (C=O) groups excluding carboxylic acids is 1. The number of para-hydroxylation sites is 1. The van der Waals surface area contributed by atoms with E-state index in [1.165, 1.54) is 0 Å². The van der Waals surface area contributed by atoms with E-state index < -0.39 is 11.5 Å². The van der Waals surface area contributed by atoms with Crippen molar-refractivity contribution in [2.75, 3.05) is 6.61 Å². The molecule has 0 unspecified atom stereocenters. The molecular weight excluding hydrogens is 282 g/mol. The quantitative estimate of drug-likeness (QED) is 0.895. The molecule has 0 bridgehead atoms. The van der Waals surface area contributed by atoms with Crippen LogP contribution in [0.3, 0.4) is 0 Å². The first kappa shape index (κ1) is 14.6. The minimum Gasteiger partial charge on any atom is -0.488 e. The average molecular weight is 301 g/mol. The number of aliphatic carboxylic acids is 1. The fourth-order valence-corrected chi connectivity index (χ4v) is 3.26. The lowest BCUT2D eigenvalue weighted by Crippen LogP contribution is -2.48. The average Bonchev–Trinajstić information content (AvgIpc) is 2.94. The molecule has 22 heavy (non-hydrogen) atoms. The van der Waals surface area contributed by atoms with Crippen molar-refractivity contribution in [3.63, 3.8) is 0 Å². The number of nitrogens with one attached hydrogen (secondary N) is 1. The number of carbonyl (C=O) groups is 2. The highest BCUT2D eigenvalue weighted by atomic mass is 16.5. The normalized spacial score (nSPS) is 18.8. The molecule has 2 aliphatic rings. The molecule has 1 heterocycles. The summed E-state index contributed by atoms with van der Waals surface area (Å²) in [5.41, 5.74) is 0.800. The minimum atomic E-state index is -0.874. The van der Waals surface area contributed by atoms with Crippen molar-refractivity contribution in [3.05, 3.63) is 35.4 Å².